The van der Waals surface area contributed by atoms with Gasteiger partial charge in [0.05, 0.1) is 5.75 Å². The molecule has 0 aromatic carbocycles. The molecule has 1 aliphatic rings. The first-order valence-electron chi connectivity index (χ1n) is 5.78. The molecule has 1 unspecified atom stereocenters. The lowest BCUT2D eigenvalue weighted by molar-refractivity contribution is 0.444. The fraction of sp³-hybridized carbons (Fsp3) is 1.00. The van der Waals surface area contributed by atoms with Gasteiger partial charge in [0.2, 0.25) is 10.0 Å². The van der Waals surface area contributed by atoms with Crippen LogP contribution in [0.3, 0.4) is 0 Å². The van der Waals surface area contributed by atoms with E-state index in [2.05, 4.69) is 6.92 Å². The summed E-state index contributed by atoms with van der Waals surface area (Å²) in [5.74, 6) is 0.783. The second-order valence-corrected chi connectivity index (χ2v) is 6.35. The maximum absolute atomic E-state index is 11.8. The van der Waals surface area contributed by atoms with Gasteiger partial charge in [0.25, 0.3) is 0 Å². The van der Waals surface area contributed by atoms with Gasteiger partial charge in [-0.2, -0.15) is 0 Å². The van der Waals surface area contributed by atoms with Gasteiger partial charge in [-0.3, -0.25) is 0 Å². The van der Waals surface area contributed by atoms with Gasteiger partial charge >= 0.3 is 0 Å². The van der Waals surface area contributed by atoms with Crippen molar-refractivity contribution in [3.63, 3.8) is 0 Å². The van der Waals surface area contributed by atoms with Crippen molar-refractivity contribution in [2.45, 2.75) is 32.6 Å². The molecule has 1 atom stereocenters. The van der Waals surface area contributed by atoms with E-state index in [4.69, 9.17) is 5.73 Å². The highest BCUT2D eigenvalue weighted by molar-refractivity contribution is 7.89. The first-order valence-corrected chi connectivity index (χ1v) is 7.39. The second kappa shape index (κ2) is 5.82. The molecule has 0 spiro atoms. The third kappa shape index (κ3) is 3.74. The SMILES string of the molecule is CCCC1CCN(S(=O)(=O)CCCN)C1. The Morgan fingerprint density at radius 3 is 2.80 bits per heavy atom. The Labute approximate surface area is 92.9 Å². The molecule has 0 radical (unpaired) electrons. The second-order valence-electron chi connectivity index (χ2n) is 4.26. The fourth-order valence-corrected chi connectivity index (χ4v) is 3.70. The van der Waals surface area contributed by atoms with Gasteiger partial charge in [0.1, 0.15) is 0 Å². The summed E-state index contributed by atoms with van der Waals surface area (Å²) in [5.41, 5.74) is 5.33. The summed E-state index contributed by atoms with van der Waals surface area (Å²) in [6.07, 6.45) is 3.87. The normalized spacial score (nSPS) is 23.5. The average molecular weight is 234 g/mol. The quantitative estimate of drug-likeness (QED) is 0.739. The van der Waals surface area contributed by atoms with Crippen LogP contribution in [-0.4, -0.2) is 38.1 Å². The number of sulfonamides is 1. The van der Waals surface area contributed by atoms with Crippen molar-refractivity contribution in [1.29, 1.82) is 0 Å². The van der Waals surface area contributed by atoms with E-state index < -0.39 is 10.0 Å². The number of nitrogens with two attached hydrogens (primary N) is 1. The zero-order chi connectivity index (χ0) is 11.3. The first kappa shape index (κ1) is 12.9. The largest absolute Gasteiger partial charge is 0.330 e. The molecular weight excluding hydrogens is 212 g/mol. The maximum atomic E-state index is 11.8. The van der Waals surface area contributed by atoms with Crippen molar-refractivity contribution >= 4 is 10.0 Å². The van der Waals surface area contributed by atoms with Crippen molar-refractivity contribution in [3.8, 4) is 0 Å². The van der Waals surface area contributed by atoms with Gasteiger partial charge in [0, 0.05) is 13.1 Å². The monoisotopic (exact) mass is 234 g/mol. The number of hydrogen-bond acceptors (Lipinski definition) is 3. The summed E-state index contributed by atoms with van der Waals surface area (Å²) >= 11 is 0. The number of nitrogens with zero attached hydrogens (tertiary/aromatic N) is 1. The zero-order valence-corrected chi connectivity index (χ0v) is 10.3. The van der Waals surface area contributed by atoms with E-state index in [1.165, 1.54) is 0 Å². The number of rotatable bonds is 6. The summed E-state index contributed by atoms with van der Waals surface area (Å²) in [6.45, 7) is 4.02. The van der Waals surface area contributed by atoms with Crippen molar-refractivity contribution in [2.24, 2.45) is 11.7 Å². The highest BCUT2D eigenvalue weighted by Crippen LogP contribution is 2.23. The van der Waals surface area contributed by atoms with E-state index in [0.717, 1.165) is 25.8 Å². The van der Waals surface area contributed by atoms with Crippen LogP contribution >= 0.6 is 0 Å². The Morgan fingerprint density at radius 2 is 2.20 bits per heavy atom. The van der Waals surface area contributed by atoms with Crippen LogP contribution in [0.25, 0.3) is 0 Å². The lowest BCUT2D eigenvalue weighted by atomic mass is 10.0. The molecule has 1 fully saturated rings. The standard InChI is InChI=1S/C10H22N2O2S/c1-2-4-10-5-7-12(9-10)15(13,14)8-3-6-11/h10H,2-9,11H2,1H3. The van der Waals surface area contributed by atoms with Crippen LogP contribution in [0.1, 0.15) is 32.6 Å². The van der Waals surface area contributed by atoms with E-state index in [1.54, 1.807) is 4.31 Å². The van der Waals surface area contributed by atoms with E-state index in [9.17, 15) is 8.42 Å². The average Bonchev–Trinajstić information content (AvgIpc) is 2.65. The highest BCUT2D eigenvalue weighted by Gasteiger charge is 2.29. The molecule has 1 aliphatic heterocycles. The molecule has 0 bridgehead atoms. The number of hydrogen-bond donors (Lipinski definition) is 1. The van der Waals surface area contributed by atoms with Crippen LogP contribution in [0, 0.1) is 5.92 Å². The predicted octanol–water partition coefficient (Wildman–Crippen LogP) is 0.787. The van der Waals surface area contributed by atoms with E-state index in [0.29, 0.717) is 25.4 Å². The van der Waals surface area contributed by atoms with E-state index in [1.807, 2.05) is 0 Å². The minimum absolute atomic E-state index is 0.211. The molecule has 0 amide bonds. The molecule has 1 rings (SSSR count). The van der Waals surface area contributed by atoms with Gasteiger partial charge in [0.15, 0.2) is 0 Å². The van der Waals surface area contributed by atoms with Crippen LogP contribution in [-0.2, 0) is 10.0 Å². The zero-order valence-electron chi connectivity index (χ0n) is 9.48. The lowest BCUT2D eigenvalue weighted by Crippen LogP contribution is -2.31. The van der Waals surface area contributed by atoms with Crippen LogP contribution in [0.2, 0.25) is 0 Å². The minimum atomic E-state index is -3.02. The molecule has 2 N–H and O–H groups in total. The third-order valence-electron chi connectivity index (χ3n) is 2.95. The van der Waals surface area contributed by atoms with Gasteiger partial charge in [-0.25, -0.2) is 12.7 Å². The minimum Gasteiger partial charge on any atom is -0.330 e. The fourth-order valence-electron chi connectivity index (χ4n) is 2.09. The van der Waals surface area contributed by atoms with Crippen molar-refractivity contribution < 1.29 is 8.42 Å². The Morgan fingerprint density at radius 1 is 1.47 bits per heavy atom. The molecule has 1 heterocycles. The molecule has 1 saturated heterocycles. The molecule has 15 heavy (non-hydrogen) atoms. The van der Waals surface area contributed by atoms with Gasteiger partial charge in [-0.15, -0.1) is 0 Å². The van der Waals surface area contributed by atoms with Crippen molar-refractivity contribution in [1.82, 2.24) is 4.31 Å². The maximum Gasteiger partial charge on any atom is 0.214 e. The van der Waals surface area contributed by atoms with Crippen LogP contribution in [0.15, 0.2) is 0 Å². The molecule has 0 aromatic heterocycles. The molecule has 0 aromatic rings. The predicted molar refractivity (Wildman–Crippen MR) is 62.0 cm³/mol. The van der Waals surface area contributed by atoms with Crippen molar-refractivity contribution in [2.75, 3.05) is 25.4 Å². The molecular formula is C10H22N2O2S. The summed E-state index contributed by atoms with van der Waals surface area (Å²) in [6, 6.07) is 0. The van der Waals surface area contributed by atoms with Gasteiger partial charge in [-0.1, -0.05) is 13.3 Å². The third-order valence-corrected chi connectivity index (χ3v) is 4.87. The Kier molecular flexibility index (Phi) is 5.02. The molecule has 0 saturated carbocycles. The summed E-state index contributed by atoms with van der Waals surface area (Å²) in [5, 5.41) is 0. The Bertz CT molecular complexity index is 277. The van der Waals surface area contributed by atoms with Crippen LogP contribution in [0.5, 0.6) is 0 Å². The van der Waals surface area contributed by atoms with Gasteiger partial charge in [-0.05, 0) is 31.7 Å². The van der Waals surface area contributed by atoms with Gasteiger partial charge < -0.3 is 5.73 Å². The van der Waals surface area contributed by atoms with E-state index in [-0.39, 0.29) is 5.75 Å². The molecule has 0 aliphatic carbocycles. The molecule has 5 heteroatoms. The Balaban J connectivity index is 2.45. The van der Waals surface area contributed by atoms with Crippen molar-refractivity contribution in [3.05, 3.63) is 0 Å². The summed E-state index contributed by atoms with van der Waals surface area (Å²) < 4.78 is 25.3. The first-order chi connectivity index (χ1) is 7.10. The highest BCUT2D eigenvalue weighted by atomic mass is 32.2. The topological polar surface area (TPSA) is 63.4 Å². The lowest BCUT2D eigenvalue weighted by Gasteiger charge is -2.16. The molecule has 90 valence electrons. The van der Waals surface area contributed by atoms with E-state index >= 15 is 0 Å². The smallest absolute Gasteiger partial charge is 0.214 e. The van der Waals surface area contributed by atoms with Crippen LogP contribution < -0.4 is 5.73 Å². The van der Waals surface area contributed by atoms with Crippen LogP contribution in [0.4, 0.5) is 0 Å². The molecule has 4 nitrogen and oxygen atoms in total. The summed E-state index contributed by atoms with van der Waals surface area (Å²) in [7, 11) is -3.02. The Hall–Kier alpha value is -0.130. The summed E-state index contributed by atoms with van der Waals surface area (Å²) in [4.78, 5) is 0.